The average Bonchev–Trinajstić information content (AvgIpc) is 2.94. The number of amides is 1. The van der Waals surface area contributed by atoms with Gasteiger partial charge in [-0.3, -0.25) is 4.79 Å². The molecule has 0 spiro atoms. The minimum atomic E-state index is 0.0633. The lowest BCUT2D eigenvalue weighted by molar-refractivity contribution is 0.0668. The third kappa shape index (κ3) is 3.32. The van der Waals surface area contributed by atoms with Gasteiger partial charge in [-0.1, -0.05) is 30.3 Å². The molecule has 0 bridgehead atoms. The topological polar surface area (TPSA) is 38.1 Å². The maximum absolute atomic E-state index is 12.5. The fourth-order valence-corrected chi connectivity index (χ4v) is 3.05. The SMILES string of the molecule is Cn1cnc(C(=O)N2CCCC(Cc3ccccc3)C2)c1. The second kappa shape index (κ2) is 6.12. The predicted molar refractivity (Wildman–Crippen MR) is 82.0 cm³/mol. The molecule has 2 aromatic rings. The van der Waals surface area contributed by atoms with Crippen molar-refractivity contribution in [1.82, 2.24) is 14.5 Å². The van der Waals surface area contributed by atoms with Crippen molar-refractivity contribution in [3.63, 3.8) is 0 Å². The van der Waals surface area contributed by atoms with Crippen molar-refractivity contribution < 1.29 is 4.79 Å². The minimum Gasteiger partial charge on any atom is -0.340 e. The quantitative estimate of drug-likeness (QED) is 0.868. The fraction of sp³-hybridized carbons (Fsp3) is 0.412. The van der Waals surface area contributed by atoms with E-state index in [0.29, 0.717) is 11.6 Å². The molecule has 0 radical (unpaired) electrons. The van der Waals surface area contributed by atoms with Crippen LogP contribution in [0.25, 0.3) is 0 Å². The first kappa shape index (κ1) is 13.9. The van der Waals surface area contributed by atoms with Crippen LogP contribution in [0.3, 0.4) is 0 Å². The van der Waals surface area contributed by atoms with E-state index in [-0.39, 0.29) is 5.91 Å². The van der Waals surface area contributed by atoms with E-state index in [2.05, 4.69) is 29.2 Å². The number of rotatable bonds is 3. The van der Waals surface area contributed by atoms with Crippen molar-refractivity contribution in [2.45, 2.75) is 19.3 Å². The molecule has 110 valence electrons. The van der Waals surface area contributed by atoms with E-state index in [1.165, 1.54) is 12.0 Å². The Morgan fingerprint density at radius 3 is 2.86 bits per heavy atom. The van der Waals surface area contributed by atoms with Gasteiger partial charge in [0.1, 0.15) is 5.69 Å². The molecule has 1 amide bonds. The summed E-state index contributed by atoms with van der Waals surface area (Å²) in [5.74, 6) is 0.613. The second-order valence-corrected chi connectivity index (χ2v) is 5.87. The number of nitrogens with zero attached hydrogens (tertiary/aromatic N) is 3. The first-order valence-corrected chi connectivity index (χ1v) is 7.53. The molecule has 3 rings (SSSR count). The molecule has 21 heavy (non-hydrogen) atoms. The Bertz CT molecular complexity index is 606. The van der Waals surface area contributed by atoms with Gasteiger partial charge in [0.15, 0.2) is 0 Å². The Morgan fingerprint density at radius 1 is 1.33 bits per heavy atom. The summed E-state index contributed by atoms with van der Waals surface area (Å²) in [6, 6.07) is 10.5. The number of piperidine rings is 1. The van der Waals surface area contributed by atoms with Crippen molar-refractivity contribution >= 4 is 5.91 Å². The highest BCUT2D eigenvalue weighted by Gasteiger charge is 2.25. The van der Waals surface area contributed by atoms with Crippen LogP contribution in [0.1, 0.15) is 28.9 Å². The molecule has 1 aromatic carbocycles. The summed E-state index contributed by atoms with van der Waals surface area (Å²) in [5, 5.41) is 0. The summed E-state index contributed by atoms with van der Waals surface area (Å²) in [5.41, 5.74) is 1.91. The van der Waals surface area contributed by atoms with Crippen molar-refractivity contribution in [3.05, 3.63) is 54.1 Å². The summed E-state index contributed by atoms with van der Waals surface area (Å²) in [7, 11) is 1.89. The molecule has 1 unspecified atom stereocenters. The summed E-state index contributed by atoms with van der Waals surface area (Å²) >= 11 is 0. The molecule has 1 atom stereocenters. The third-order valence-electron chi connectivity index (χ3n) is 4.10. The van der Waals surface area contributed by atoms with E-state index in [0.717, 1.165) is 25.9 Å². The minimum absolute atomic E-state index is 0.0633. The number of aromatic nitrogens is 2. The molecule has 1 aromatic heterocycles. The van der Waals surface area contributed by atoms with Gasteiger partial charge in [-0.2, -0.15) is 0 Å². The lowest BCUT2D eigenvalue weighted by atomic mass is 9.91. The van der Waals surface area contributed by atoms with Gasteiger partial charge in [-0.25, -0.2) is 4.98 Å². The maximum atomic E-state index is 12.5. The number of carbonyl (C=O) groups is 1. The van der Waals surface area contributed by atoms with Gasteiger partial charge in [0.25, 0.3) is 5.91 Å². The number of hydrogen-bond donors (Lipinski definition) is 0. The van der Waals surface area contributed by atoms with Crippen molar-refractivity contribution in [1.29, 1.82) is 0 Å². The molecule has 2 heterocycles. The predicted octanol–water partition coefficient (Wildman–Crippen LogP) is 2.52. The van der Waals surface area contributed by atoms with Crippen LogP contribution in [-0.4, -0.2) is 33.4 Å². The molecule has 1 aliphatic rings. The van der Waals surface area contributed by atoms with Crippen LogP contribution in [0.5, 0.6) is 0 Å². The summed E-state index contributed by atoms with van der Waals surface area (Å²) in [4.78, 5) is 18.6. The zero-order valence-electron chi connectivity index (χ0n) is 12.4. The highest BCUT2D eigenvalue weighted by molar-refractivity contribution is 5.92. The van der Waals surface area contributed by atoms with Gasteiger partial charge in [0, 0.05) is 26.3 Å². The van der Waals surface area contributed by atoms with Crippen molar-refractivity contribution in [2.75, 3.05) is 13.1 Å². The summed E-state index contributed by atoms with van der Waals surface area (Å²) in [6.07, 6.45) is 6.80. The number of aryl methyl sites for hydroxylation is 1. The standard InChI is InChI=1S/C17H21N3O/c1-19-12-16(18-13-19)17(21)20-9-5-8-15(11-20)10-14-6-3-2-4-7-14/h2-4,6-7,12-13,15H,5,8-11H2,1H3. The van der Waals surface area contributed by atoms with Gasteiger partial charge < -0.3 is 9.47 Å². The normalized spacial score (nSPS) is 18.7. The van der Waals surface area contributed by atoms with E-state index in [1.54, 1.807) is 12.5 Å². The van der Waals surface area contributed by atoms with Gasteiger partial charge in [-0.05, 0) is 30.7 Å². The summed E-state index contributed by atoms with van der Waals surface area (Å²) < 4.78 is 1.82. The monoisotopic (exact) mass is 283 g/mol. The molecule has 0 aliphatic carbocycles. The second-order valence-electron chi connectivity index (χ2n) is 5.87. The van der Waals surface area contributed by atoms with E-state index in [9.17, 15) is 4.79 Å². The zero-order chi connectivity index (χ0) is 14.7. The van der Waals surface area contributed by atoms with Crippen LogP contribution in [0.2, 0.25) is 0 Å². The zero-order valence-corrected chi connectivity index (χ0v) is 12.4. The van der Waals surface area contributed by atoms with Crippen LogP contribution in [0.4, 0.5) is 0 Å². The molecule has 4 nitrogen and oxygen atoms in total. The van der Waals surface area contributed by atoms with E-state index >= 15 is 0 Å². The largest absolute Gasteiger partial charge is 0.340 e. The molecule has 0 saturated carbocycles. The van der Waals surface area contributed by atoms with E-state index in [1.807, 2.05) is 22.6 Å². The summed E-state index contributed by atoms with van der Waals surface area (Å²) in [6.45, 7) is 1.69. The number of imidazole rings is 1. The van der Waals surface area contributed by atoms with Crippen molar-refractivity contribution in [2.24, 2.45) is 13.0 Å². The Balaban J connectivity index is 1.64. The molecule has 1 aliphatic heterocycles. The van der Waals surface area contributed by atoms with Crippen LogP contribution < -0.4 is 0 Å². The Hall–Kier alpha value is -2.10. The average molecular weight is 283 g/mol. The van der Waals surface area contributed by atoms with Crippen LogP contribution >= 0.6 is 0 Å². The van der Waals surface area contributed by atoms with Gasteiger partial charge in [-0.15, -0.1) is 0 Å². The van der Waals surface area contributed by atoms with Crippen LogP contribution in [-0.2, 0) is 13.5 Å². The lowest BCUT2D eigenvalue weighted by Gasteiger charge is -2.32. The van der Waals surface area contributed by atoms with E-state index in [4.69, 9.17) is 0 Å². The van der Waals surface area contributed by atoms with E-state index < -0.39 is 0 Å². The van der Waals surface area contributed by atoms with Gasteiger partial charge >= 0.3 is 0 Å². The molecule has 1 fully saturated rings. The highest BCUT2D eigenvalue weighted by atomic mass is 16.2. The number of benzene rings is 1. The highest BCUT2D eigenvalue weighted by Crippen LogP contribution is 2.22. The lowest BCUT2D eigenvalue weighted by Crippen LogP contribution is -2.40. The number of carbonyl (C=O) groups excluding carboxylic acids is 1. The molecule has 0 N–H and O–H groups in total. The van der Waals surface area contributed by atoms with Gasteiger partial charge in [0.2, 0.25) is 0 Å². The number of likely N-dealkylation sites (tertiary alicyclic amines) is 1. The molecular weight excluding hydrogens is 262 g/mol. The first-order valence-electron chi connectivity index (χ1n) is 7.53. The molecular formula is C17H21N3O. The van der Waals surface area contributed by atoms with Crippen LogP contribution in [0, 0.1) is 5.92 Å². The number of hydrogen-bond acceptors (Lipinski definition) is 2. The first-order chi connectivity index (χ1) is 10.2. The van der Waals surface area contributed by atoms with Crippen LogP contribution in [0.15, 0.2) is 42.9 Å². The maximum Gasteiger partial charge on any atom is 0.274 e. The molecule has 1 saturated heterocycles. The Kier molecular flexibility index (Phi) is 4.04. The fourth-order valence-electron chi connectivity index (χ4n) is 3.05. The Labute approximate surface area is 125 Å². The van der Waals surface area contributed by atoms with Crippen molar-refractivity contribution in [3.8, 4) is 0 Å². The molecule has 4 heteroatoms. The smallest absolute Gasteiger partial charge is 0.274 e. The third-order valence-corrected chi connectivity index (χ3v) is 4.10. The Morgan fingerprint density at radius 2 is 2.14 bits per heavy atom. The van der Waals surface area contributed by atoms with Gasteiger partial charge in [0.05, 0.1) is 6.33 Å².